The summed E-state index contributed by atoms with van der Waals surface area (Å²) >= 11 is 0. The van der Waals surface area contributed by atoms with E-state index in [9.17, 15) is 19.1 Å². The second kappa shape index (κ2) is 5.09. The van der Waals surface area contributed by atoms with Gasteiger partial charge in [0.15, 0.2) is 0 Å². The molecule has 0 heterocycles. The Morgan fingerprint density at radius 1 is 1.39 bits per heavy atom. The summed E-state index contributed by atoms with van der Waals surface area (Å²) < 4.78 is 12.7. The fourth-order valence-electron chi connectivity index (χ4n) is 1.77. The average molecular weight is 262 g/mol. The number of rotatable bonds is 3. The molecule has 0 aromatic rings. The molecule has 18 heavy (non-hydrogen) atoms. The Labute approximate surface area is 105 Å². The largest absolute Gasteiger partial charge is 0.465 e. The normalized spacial score (nSPS) is 24.9. The van der Waals surface area contributed by atoms with E-state index in [0.29, 0.717) is 4.90 Å². The molecule has 1 rings (SSSR count). The molecule has 3 N–H and O–H groups in total. The third-order valence-electron chi connectivity index (χ3n) is 2.67. The number of aliphatic hydroxyl groups is 1. The summed E-state index contributed by atoms with van der Waals surface area (Å²) in [5.41, 5.74) is -0.579. The zero-order chi connectivity index (χ0) is 14.1. The van der Waals surface area contributed by atoms with E-state index in [1.807, 2.05) is 0 Å². The zero-order valence-electron chi connectivity index (χ0n) is 10.7. The minimum atomic E-state index is -1.81. The molecule has 1 saturated carbocycles. The third kappa shape index (κ3) is 3.56. The van der Waals surface area contributed by atoms with Crippen molar-refractivity contribution in [3.8, 4) is 0 Å². The van der Waals surface area contributed by atoms with Gasteiger partial charge in [-0.2, -0.15) is 0 Å². The Balaban J connectivity index is 2.68. The maximum absolute atomic E-state index is 12.7. The molecule has 0 spiro atoms. The van der Waals surface area contributed by atoms with Crippen molar-refractivity contribution >= 4 is 12.0 Å². The molecule has 1 atom stereocenters. The summed E-state index contributed by atoms with van der Waals surface area (Å²) in [4.78, 5) is 23.3. The fourth-order valence-corrected chi connectivity index (χ4v) is 1.77. The van der Waals surface area contributed by atoms with E-state index in [0.717, 1.165) is 0 Å². The highest BCUT2D eigenvalue weighted by Crippen LogP contribution is 2.29. The lowest BCUT2D eigenvalue weighted by molar-refractivity contribution is -0.144. The lowest BCUT2D eigenvalue weighted by Crippen LogP contribution is -2.59. The molecule has 0 saturated heterocycles. The smallest absolute Gasteiger partial charge is 0.410 e. The Hall–Kier alpha value is -1.37. The maximum Gasteiger partial charge on any atom is 0.410 e. The van der Waals surface area contributed by atoms with E-state index in [4.69, 9.17) is 5.11 Å². The van der Waals surface area contributed by atoms with Crippen LogP contribution in [0.4, 0.5) is 9.18 Å². The zero-order valence-corrected chi connectivity index (χ0v) is 10.7. The van der Waals surface area contributed by atoms with Crippen LogP contribution in [0, 0.1) is 0 Å². The molecule has 1 aliphatic rings. The van der Waals surface area contributed by atoms with Gasteiger partial charge < -0.3 is 15.5 Å². The molecule has 7 heteroatoms. The van der Waals surface area contributed by atoms with Crippen LogP contribution < -0.4 is 5.32 Å². The predicted molar refractivity (Wildman–Crippen MR) is 61.7 cm³/mol. The number of hydrogen-bond donors (Lipinski definition) is 3. The van der Waals surface area contributed by atoms with Crippen LogP contribution in [-0.4, -0.2) is 51.1 Å². The molecule has 2 amide bonds. The summed E-state index contributed by atoms with van der Waals surface area (Å²) in [6, 6.07) is -0.641. The van der Waals surface area contributed by atoms with Gasteiger partial charge >= 0.3 is 6.09 Å². The lowest BCUT2D eigenvalue weighted by Gasteiger charge is -2.40. The first-order valence-corrected chi connectivity index (χ1v) is 5.77. The Morgan fingerprint density at radius 3 is 2.22 bits per heavy atom. The quantitative estimate of drug-likeness (QED) is 0.653. The summed E-state index contributed by atoms with van der Waals surface area (Å²) in [6.07, 6.45) is -4.25. The van der Waals surface area contributed by atoms with Crippen LogP contribution in [0.1, 0.15) is 33.6 Å². The SMILES string of the molecule is CC(C)(C)NC(=O)C(O)N(C(=O)O)C1CC(F)C1. The van der Waals surface area contributed by atoms with Crippen molar-refractivity contribution in [2.24, 2.45) is 0 Å². The summed E-state index contributed by atoms with van der Waals surface area (Å²) in [5, 5.41) is 21.2. The summed E-state index contributed by atoms with van der Waals surface area (Å²) in [5.74, 6) is -0.799. The first kappa shape index (κ1) is 14.7. The number of nitrogens with one attached hydrogen (secondary N) is 1. The molecule has 0 aromatic heterocycles. The number of nitrogens with zero attached hydrogens (tertiary/aromatic N) is 1. The van der Waals surface area contributed by atoms with Crippen LogP contribution in [0.2, 0.25) is 0 Å². The van der Waals surface area contributed by atoms with Crippen LogP contribution in [0.5, 0.6) is 0 Å². The van der Waals surface area contributed by atoms with Crippen molar-refractivity contribution in [2.45, 2.75) is 57.6 Å². The molecular formula is C11H19FN2O4. The van der Waals surface area contributed by atoms with Gasteiger partial charge in [0, 0.05) is 11.6 Å². The molecule has 0 aromatic carbocycles. The fraction of sp³-hybridized carbons (Fsp3) is 0.818. The van der Waals surface area contributed by atoms with Crippen LogP contribution in [0.25, 0.3) is 0 Å². The lowest BCUT2D eigenvalue weighted by atomic mass is 9.89. The molecule has 1 fully saturated rings. The van der Waals surface area contributed by atoms with Crippen molar-refractivity contribution in [1.82, 2.24) is 10.2 Å². The van der Waals surface area contributed by atoms with Crippen molar-refractivity contribution in [3.63, 3.8) is 0 Å². The van der Waals surface area contributed by atoms with Crippen molar-refractivity contribution in [2.75, 3.05) is 0 Å². The molecule has 1 aliphatic carbocycles. The van der Waals surface area contributed by atoms with Crippen LogP contribution in [-0.2, 0) is 4.79 Å². The van der Waals surface area contributed by atoms with E-state index in [2.05, 4.69) is 5.32 Å². The van der Waals surface area contributed by atoms with Gasteiger partial charge in [0.2, 0.25) is 6.23 Å². The van der Waals surface area contributed by atoms with Crippen molar-refractivity contribution < 1.29 is 24.2 Å². The Morgan fingerprint density at radius 2 is 1.89 bits per heavy atom. The average Bonchev–Trinajstić information content (AvgIpc) is 2.11. The number of hydrogen-bond acceptors (Lipinski definition) is 3. The van der Waals surface area contributed by atoms with Gasteiger partial charge in [-0.15, -0.1) is 0 Å². The first-order valence-electron chi connectivity index (χ1n) is 5.77. The molecule has 1 unspecified atom stereocenters. The van der Waals surface area contributed by atoms with E-state index < -0.39 is 36.0 Å². The van der Waals surface area contributed by atoms with Crippen molar-refractivity contribution in [3.05, 3.63) is 0 Å². The Bertz CT molecular complexity index is 336. The number of aliphatic hydroxyl groups excluding tert-OH is 1. The highest BCUT2D eigenvalue weighted by Gasteiger charge is 2.42. The number of alkyl halides is 1. The molecule has 0 bridgehead atoms. The molecule has 0 radical (unpaired) electrons. The first-order chi connectivity index (χ1) is 8.11. The highest BCUT2D eigenvalue weighted by molar-refractivity contribution is 5.84. The van der Waals surface area contributed by atoms with Gasteiger partial charge in [-0.05, 0) is 33.6 Å². The van der Waals surface area contributed by atoms with Crippen LogP contribution >= 0.6 is 0 Å². The second-order valence-corrected chi connectivity index (χ2v) is 5.53. The molecule has 104 valence electrons. The van der Waals surface area contributed by atoms with E-state index in [-0.39, 0.29) is 12.8 Å². The van der Waals surface area contributed by atoms with Crippen molar-refractivity contribution in [1.29, 1.82) is 0 Å². The van der Waals surface area contributed by atoms with Gasteiger partial charge in [-0.3, -0.25) is 9.69 Å². The van der Waals surface area contributed by atoms with E-state index >= 15 is 0 Å². The second-order valence-electron chi connectivity index (χ2n) is 5.53. The highest BCUT2D eigenvalue weighted by atomic mass is 19.1. The van der Waals surface area contributed by atoms with Gasteiger partial charge in [0.05, 0.1) is 0 Å². The van der Waals surface area contributed by atoms with Gasteiger partial charge in [0.1, 0.15) is 6.17 Å². The maximum atomic E-state index is 12.7. The minimum Gasteiger partial charge on any atom is -0.465 e. The van der Waals surface area contributed by atoms with E-state index in [1.165, 1.54) is 0 Å². The number of amides is 2. The van der Waals surface area contributed by atoms with Crippen LogP contribution in [0.3, 0.4) is 0 Å². The molecule has 0 aliphatic heterocycles. The van der Waals surface area contributed by atoms with Crippen LogP contribution in [0.15, 0.2) is 0 Å². The van der Waals surface area contributed by atoms with Gasteiger partial charge in [0.25, 0.3) is 5.91 Å². The number of carbonyl (C=O) groups excluding carboxylic acids is 1. The predicted octanol–water partition coefficient (Wildman–Crippen LogP) is 0.700. The summed E-state index contributed by atoms with van der Waals surface area (Å²) in [6.45, 7) is 5.14. The topological polar surface area (TPSA) is 89.9 Å². The standard InChI is InChI=1S/C11H19FN2O4/c1-11(2,3)13-8(15)9(16)14(10(17)18)7-4-6(12)5-7/h6-7,9,16H,4-5H2,1-3H3,(H,13,15)(H,17,18). The molecular weight excluding hydrogens is 243 g/mol. The van der Waals surface area contributed by atoms with Gasteiger partial charge in [-0.1, -0.05) is 0 Å². The monoisotopic (exact) mass is 262 g/mol. The number of carboxylic acid groups (broad SMARTS) is 1. The Kier molecular flexibility index (Phi) is 4.16. The number of carbonyl (C=O) groups is 2. The van der Waals surface area contributed by atoms with E-state index in [1.54, 1.807) is 20.8 Å². The number of halogens is 1. The minimum absolute atomic E-state index is 0.0200. The van der Waals surface area contributed by atoms with Gasteiger partial charge in [-0.25, -0.2) is 9.18 Å². The molecule has 6 nitrogen and oxygen atoms in total. The summed E-state index contributed by atoms with van der Waals surface area (Å²) in [7, 11) is 0. The third-order valence-corrected chi connectivity index (χ3v) is 2.67.